The molecule has 6 nitrogen and oxygen atoms in total. The van der Waals surface area contributed by atoms with Crippen molar-refractivity contribution in [3.8, 4) is 0 Å². The van der Waals surface area contributed by atoms with E-state index in [0.717, 1.165) is 37.7 Å². The van der Waals surface area contributed by atoms with E-state index in [0.29, 0.717) is 10.7 Å². The van der Waals surface area contributed by atoms with Crippen LogP contribution >= 0.6 is 11.6 Å². The van der Waals surface area contributed by atoms with Gasteiger partial charge in [-0.2, -0.15) is 0 Å². The number of para-hydroxylation sites is 1. The van der Waals surface area contributed by atoms with Gasteiger partial charge in [-0.1, -0.05) is 23.7 Å². The van der Waals surface area contributed by atoms with Crippen LogP contribution < -0.4 is 15.1 Å². The van der Waals surface area contributed by atoms with Crippen molar-refractivity contribution in [3.05, 3.63) is 53.6 Å². The Balaban J connectivity index is 1.46. The molecule has 1 N–H and O–H groups in total. The van der Waals surface area contributed by atoms with Crippen LogP contribution in [0.25, 0.3) is 0 Å². The minimum absolute atomic E-state index is 0.106. The van der Waals surface area contributed by atoms with Crippen LogP contribution in [0.1, 0.15) is 6.42 Å². The van der Waals surface area contributed by atoms with Crippen molar-refractivity contribution in [2.75, 3.05) is 41.4 Å². The molecule has 2 aromatic rings. The summed E-state index contributed by atoms with van der Waals surface area (Å²) in [5.74, 6) is -0.541. The largest absolute Gasteiger partial charge is 0.378 e. The number of anilines is 3. The minimum Gasteiger partial charge on any atom is -0.378 e. The van der Waals surface area contributed by atoms with Gasteiger partial charge in [-0.3, -0.25) is 9.59 Å². The van der Waals surface area contributed by atoms with Crippen molar-refractivity contribution in [3.63, 3.8) is 0 Å². The predicted octanol–water partition coefficient (Wildman–Crippen LogP) is 2.92. The second-order valence-corrected chi connectivity index (χ2v) is 6.97. The van der Waals surface area contributed by atoms with Gasteiger partial charge in [0.1, 0.15) is 6.04 Å². The summed E-state index contributed by atoms with van der Waals surface area (Å²) in [5, 5.41) is 3.56. The highest BCUT2D eigenvalue weighted by Gasteiger charge is 2.40. The molecule has 140 valence electrons. The molecule has 0 aromatic heterocycles. The van der Waals surface area contributed by atoms with Gasteiger partial charge in [0.05, 0.1) is 30.3 Å². The quantitative estimate of drug-likeness (QED) is 0.820. The van der Waals surface area contributed by atoms with Crippen LogP contribution in [-0.2, 0) is 14.3 Å². The van der Waals surface area contributed by atoms with E-state index in [1.165, 1.54) is 4.90 Å². The lowest BCUT2D eigenvalue weighted by atomic mass is 10.2. The standard InChI is InChI=1S/C20H20ClN3O3/c21-16-3-1-2-4-18(16)24-19(25)13-17(20(24)26)22-14-5-7-15(8-6-14)23-9-11-27-12-10-23/h1-8,17,22H,9-13H2/t17-/m1/s1. The Morgan fingerprint density at radius 1 is 1.00 bits per heavy atom. The highest BCUT2D eigenvalue weighted by atomic mass is 35.5. The molecule has 2 fully saturated rings. The number of nitrogens with one attached hydrogen (secondary N) is 1. The number of ether oxygens (including phenoxy) is 1. The first kappa shape index (κ1) is 17.8. The molecule has 2 aliphatic rings. The lowest BCUT2D eigenvalue weighted by molar-refractivity contribution is -0.121. The van der Waals surface area contributed by atoms with Gasteiger partial charge < -0.3 is 15.0 Å². The maximum atomic E-state index is 12.7. The van der Waals surface area contributed by atoms with Gasteiger partial charge in [0.2, 0.25) is 5.91 Å². The Labute approximate surface area is 162 Å². The van der Waals surface area contributed by atoms with Crippen molar-refractivity contribution < 1.29 is 14.3 Å². The van der Waals surface area contributed by atoms with E-state index in [4.69, 9.17) is 16.3 Å². The van der Waals surface area contributed by atoms with Crippen molar-refractivity contribution in [2.45, 2.75) is 12.5 Å². The van der Waals surface area contributed by atoms with Gasteiger partial charge in [-0.25, -0.2) is 4.90 Å². The molecular formula is C20H20ClN3O3. The van der Waals surface area contributed by atoms with E-state index in [-0.39, 0.29) is 18.2 Å². The molecule has 2 saturated heterocycles. The fourth-order valence-electron chi connectivity index (χ4n) is 3.42. The molecule has 4 rings (SSSR count). The Bertz CT molecular complexity index is 850. The Kier molecular flexibility index (Phi) is 5.01. The fraction of sp³-hybridized carbons (Fsp3) is 0.300. The summed E-state index contributed by atoms with van der Waals surface area (Å²) >= 11 is 6.15. The highest BCUT2D eigenvalue weighted by molar-refractivity contribution is 6.36. The Hall–Kier alpha value is -2.57. The average molecular weight is 386 g/mol. The number of imide groups is 1. The third kappa shape index (κ3) is 3.63. The second kappa shape index (κ2) is 7.58. The minimum atomic E-state index is -0.594. The SMILES string of the molecule is O=C1C[C@@H](Nc2ccc(N3CCOCC3)cc2)C(=O)N1c1ccccc1Cl. The van der Waals surface area contributed by atoms with Crippen LogP contribution in [-0.4, -0.2) is 44.2 Å². The third-order valence-electron chi connectivity index (χ3n) is 4.82. The first-order valence-corrected chi connectivity index (χ1v) is 9.32. The van der Waals surface area contributed by atoms with E-state index in [9.17, 15) is 9.59 Å². The molecule has 2 aromatic carbocycles. The summed E-state index contributed by atoms with van der Waals surface area (Å²) in [6, 6.07) is 14.2. The number of hydrogen-bond acceptors (Lipinski definition) is 5. The predicted molar refractivity (Wildman–Crippen MR) is 105 cm³/mol. The molecule has 0 saturated carbocycles. The molecule has 0 bridgehead atoms. The molecule has 2 aliphatic heterocycles. The lowest BCUT2D eigenvalue weighted by Crippen LogP contribution is -2.36. The van der Waals surface area contributed by atoms with Crippen molar-refractivity contribution >= 4 is 40.5 Å². The molecule has 2 heterocycles. The van der Waals surface area contributed by atoms with E-state index >= 15 is 0 Å². The molecule has 0 unspecified atom stereocenters. The monoisotopic (exact) mass is 385 g/mol. The van der Waals surface area contributed by atoms with Crippen molar-refractivity contribution in [1.82, 2.24) is 0 Å². The van der Waals surface area contributed by atoms with Gasteiger partial charge in [-0.15, -0.1) is 0 Å². The van der Waals surface area contributed by atoms with E-state index in [1.807, 2.05) is 24.3 Å². The molecule has 27 heavy (non-hydrogen) atoms. The van der Waals surface area contributed by atoms with Crippen LogP contribution in [0, 0.1) is 0 Å². The van der Waals surface area contributed by atoms with Gasteiger partial charge >= 0.3 is 0 Å². The number of carbonyl (C=O) groups is 2. The maximum absolute atomic E-state index is 12.7. The molecule has 0 spiro atoms. The smallest absolute Gasteiger partial charge is 0.256 e. The van der Waals surface area contributed by atoms with E-state index in [1.54, 1.807) is 24.3 Å². The number of nitrogens with zero attached hydrogens (tertiary/aromatic N) is 2. The molecule has 7 heteroatoms. The van der Waals surface area contributed by atoms with Crippen LogP contribution in [0.2, 0.25) is 5.02 Å². The van der Waals surface area contributed by atoms with Crippen LogP contribution in [0.4, 0.5) is 17.1 Å². The molecule has 0 radical (unpaired) electrons. The average Bonchev–Trinajstić information content (AvgIpc) is 2.97. The first-order valence-electron chi connectivity index (χ1n) is 8.94. The second-order valence-electron chi connectivity index (χ2n) is 6.57. The maximum Gasteiger partial charge on any atom is 0.256 e. The highest BCUT2D eigenvalue weighted by Crippen LogP contribution is 2.31. The number of benzene rings is 2. The number of carbonyl (C=O) groups excluding carboxylic acids is 2. The lowest BCUT2D eigenvalue weighted by Gasteiger charge is -2.29. The Morgan fingerprint density at radius 2 is 1.70 bits per heavy atom. The molecular weight excluding hydrogens is 366 g/mol. The summed E-state index contributed by atoms with van der Waals surface area (Å²) in [7, 11) is 0. The number of morpholine rings is 1. The molecule has 1 atom stereocenters. The number of hydrogen-bond donors (Lipinski definition) is 1. The fourth-order valence-corrected chi connectivity index (χ4v) is 3.64. The van der Waals surface area contributed by atoms with Crippen LogP contribution in [0.15, 0.2) is 48.5 Å². The van der Waals surface area contributed by atoms with Gasteiger partial charge in [0, 0.05) is 24.5 Å². The summed E-state index contributed by atoms with van der Waals surface area (Å²) in [5.41, 5.74) is 2.36. The molecule has 0 aliphatic carbocycles. The van der Waals surface area contributed by atoms with Gasteiger partial charge in [-0.05, 0) is 36.4 Å². The van der Waals surface area contributed by atoms with Gasteiger partial charge in [0.15, 0.2) is 0 Å². The summed E-state index contributed by atoms with van der Waals surface area (Å²) < 4.78 is 5.37. The first-order chi connectivity index (χ1) is 13.1. The van der Waals surface area contributed by atoms with E-state index in [2.05, 4.69) is 10.2 Å². The molecule has 2 amide bonds. The zero-order chi connectivity index (χ0) is 18.8. The zero-order valence-electron chi connectivity index (χ0n) is 14.7. The van der Waals surface area contributed by atoms with Gasteiger partial charge in [0.25, 0.3) is 5.91 Å². The van der Waals surface area contributed by atoms with Crippen LogP contribution in [0.5, 0.6) is 0 Å². The summed E-state index contributed by atoms with van der Waals surface area (Å²) in [6.07, 6.45) is 0.106. The normalized spacial score (nSPS) is 20.3. The number of halogens is 1. The summed E-state index contributed by atoms with van der Waals surface area (Å²) in [4.78, 5) is 28.6. The van der Waals surface area contributed by atoms with Crippen molar-refractivity contribution in [2.24, 2.45) is 0 Å². The third-order valence-corrected chi connectivity index (χ3v) is 5.14. The Morgan fingerprint density at radius 3 is 2.41 bits per heavy atom. The summed E-state index contributed by atoms with van der Waals surface area (Å²) in [6.45, 7) is 3.21. The number of rotatable bonds is 4. The zero-order valence-corrected chi connectivity index (χ0v) is 15.5. The van der Waals surface area contributed by atoms with Crippen LogP contribution in [0.3, 0.4) is 0 Å². The number of amides is 2. The topological polar surface area (TPSA) is 61.9 Å². The van der Waals surface area contributed by atoms with Crippen molar-refractivity contribution in [1.29, 1.82) is 0 Å². The van der Waals surface area contributed by atoms with E-state index < -0.39 is 6.04 Å².